The lowest BCUT2D eigenvalue weighted by molar-refractivity contribution is -0.289. The van der Waals surface area contributed by atoms with Crippen LogP contribution in [0.3, 0.4) is 0 Å². The second kappa shape index (κ2) is 3.94. The first-order chi connectivity index (χ1) is 7.46. The van der Waals surface area contributed by atoms with Gasteiger partial charge in [0.05, 0.1) is 0 Å². The molecular formula is C11H12F5N. The molecule has 1 nitrogen and oxygen atoms in total. The van der Waals surface area contributed by atoms with Crippen LogP contribution in [0.15, 0.2) is 24.3 Å². The Bertz CT molecular complexity index is 403. The van der Waals surface area contributed by atoms with E-state index in [0.717, 1.165) is 18.2 Å². The third-order valence-corrected chi connectivity index (χ3v) is 2.33. The van der Waals surface area contributed by atoms with Crippen molar-refractivity contribution in [1.29, 1.82) is 0 Å². The predicted octanol–water partition coefficient (Wildman–Crippen LogP) is 3.53. The van der Waals surface area contributed by atoms with Crippen molar-refractivity contribution in [3.63, 3.8) is 0 Å². The van der Waals surface area contributed by atoms with Gasteiger partial charge in [0.1, 0.15) is 0 Å². The lowest BCUT2D eigenvalue weighted by atomic mass is 9.92. The highest BCUT2D eigenvalue weighted by Gasteiger charge is 2.58. The van der Waals surface area contributed by atoms with Crippen molar-refractivity contribution in [2.75, 3.05) is 0 Å². The topological polar surface area (TPSA) is 26.0 Å². The van der Waals surface area contributed by atoms with Crippen molar-refractivity contribution >= 4 is 0 Å². The maximum absolute atomic E-state index is 13.1. The molecule has 0 saturated heterocycles. The van der Waals surface area contributed by atoms with Crippen LogP contribution in [0.25, 0.3) is 0 Å². The summed E-state index contributed by atoms with van der Waals surface area (Å²) in [4.78, 5) is 0. The maximum atomic E-state index is 13.1. The molecule has 0 radical (unpaired) electrons. The molecule has 1 aromatic carbocycles. The molecule has 0 spiro atoms. The normalized spacial score (nSPS) is 13.9. The summed E-state index contributed by atoms with van der Waals surface area (Å²) >= 11 is 0. The smallest absolute Gasteiger partial charge is 0.322 e. The predicted molar refractivity (Wildman–Crippen MR) is 53.6 cm³/mol. The first-order valence-corrected chi connectivity index (χ1v) is 4.80. The molecule has 2 N–H and O–H groups in total. The Morgan fingerprint density at radius 2 is 1.41 bits per heavy atom. The fourth-order valence-corrected chi connectivity index (χ4v) is 1.28. The van der Waals surface area contributed by atoms with E-state index in [0.29, 0.717) is 0 Å². The largest absolute Gasteiger partial charge is 0.458 e. The molecule has 0 amide bonds. The van der Waals surface area contributed by atoms with Crippen LogP contribution < -0.4 is 5.73 Å². The summed E-state index contributed by atoms with van der Waals surface area (Å²) in [5.41, 5.74) is 3.80. The molecule has 0 bridgehead atoms. The first kappa shape index (κ1) is 13.9. The zero-order valence-corrected chi connectivity index (χ0v) is 9.28. The third kappa shape index (κ3) is 2.74. The minimum absolute atomic E-state index is 0.221. The molecule has 1 rings (SSSR count). The molecular weight excluding hydrogens is 241 g/mol. The summed E-state index contributed by atoms with van der Waals surface area (Å²) in [6, 6.07) is 4.07. The van der Waals surface area contributed by atoms with Crippen molar-refractivity contribution in [3.05, 3.63) is 35.4 Å². The Morgan fingerprint density at radius 3 is 1.82 bits per heavy atom. The van der Waals surface area contributed by atoms with Gasteiger partial charge in [-0.2, -0.15) is 22.0 Å². The number of benzene rings is 1. The van der Waals surface area contributed by atoms with Gasteiger partial charge in [-0.15, -0.1) is 0 Å². The molecule has 0 aliphatic heterocycles. The Balaban J connectivity index is 3.26. The van der Waals surface area contributed by atoms with Gasteiger partial charge in [-0.05, 0) is 25.5 Å². The van der Waals surface area contributed by atoms with E-state index in [1.54, 1.807) is 0 Å². The molecule has 0 aliphatic rings. The zero-order valence-electron chi connectivity index (χ0n) is 9.28. The summed E-state index contributed by atoms with van der Waals surface area (Å²) in [5, 5.41) is 0. The van der Waals surface area contributed by atoms with Crippen molar-refractivity contribution in [2.24, 2.45) is 5.73 Å². The van der Waals surface area contributed by atoms with Crippen molar-refractivity contribution in [1.82, 2.24) is 0 Å². The first-order valence-electron chi connectivity index (χ1n) is 4.80. The minimum atomic E-state index is -5.61. The number of nitrogens with two attached hydrogens (primary N) is 1. The quantitative estimate of drug-likeness (QED) is 0.801. The SMILES string of the molecule is CC(C)(N)c1cccc(C(F)(F)C(F)(F)F)c1. The van der Waals surface area contributed by atoms with Crippen LogP contribution in [0.5, 0.6) is 0 Å². The van der Waals surface area contributed by atoms with Gasteiger partial charge in [-0.1, -0.05) is 18.2 Å². The molecule has 0 unspecified atom stereocenters. The molecule has 1 aromatic rings. The molecule has 0 atom stereocenters. The number of hydrogen-bond acceptors (Lipinski definition) is 1. The number of hydrogen-bond donors (Lipinski definition) is 1. The monoisotopic (exact) mass is 253 g/mol. The summed E-state index contributed by atoms with van der Waals surface area (Å²) < 4.78 is 62.6. The summed E-state index contributed by atoms with van der Waals surface area (Å²) in [7, 11) is 0. The van der Waals surface area contributed by atoms with E-state index in [9.17, 15) is 22.0 Å². The van der Waals surface area contributed by atoms with E-state index in [1.807, 2.05) is 0 Å². The van der Waals surface area contributed by atoms with E-state index >= 15 is 0 Å². The zero-order chi connectivity index (χ0) is 13.5. The third-order valence-electron chi connectivity index (χ3n) is 2.33. The molecule has 0 saturated carbocycles. The van der Waals surface area contributed by atoms with Gasteiger partial charge >= 0.3 is 12.1 Å². The van der Waals surface area contributed by atoms with Crippen LogP contribution in [-0.4, -0.2) is 6.18 Å². The van der Waals surface area contributed by atoms with Gasteiger partial charge in [0.25, 0.3) is 0 Å². The van der Waals surface area contributed by atoms with Crippen LogP contribution in [0.2, 0.25) is 0 Å². The highest BCUT2D eigenvalue weighted by atomic mass is 19.4. The van der Waals surface area contributed by atoms with Gasteiger partial charge in [0, 0.05) is 11.1 Å². The van der Waals surface area contributed by atoms with Gasteiger partial charge in [0.2, 0.25) is 0 Å². The van der Waals surface area contributed by atoms with Crippen molar-refractivity contribution < 1.29 is 22.0 Å². The Kier molecular flexibility index (Phi) is 3.22. The number of rotatable bonds is 2. The molecule has 0 aliphatic carbocycles. The molecule has 0 aromatic heterocycles. The summed E-state index contributed by atoms with van der Waals surface area (Å²) in [5.74, 6) is -4.87. The van der Waals surface area contributed by atoms with Gasteiger partial charge in [-0.3, -0.25) is 0 Å². The Hall–Kier alpha value is -1.17. The average Bonchev–Trinajstić information content (AvgIpc) is 2.15. The number of alkyl halides is 5. The van der Waals surface area contributed by atoms with Gasteiger partial charge < -0.3 is 5.73 Å². The molecule has 17 heavy (non-hydrogen) atoms. The number of halogens is 5. The van der Waals surface area contributed by atoms with E-state index in [2.05, 4.69) is 0 Å². The fourth-order valence-electron chi connectivity index (χ4n) is 1.28. The molecule has 96 valence electrons. The summed E-state index contributed by atoms with van der Waals surface area (Å²) in [6.45, 7) is 3.05. The van der Waals surface area contributed by atoms with E-state index in [4.69, 9.17) is 5.73 Å². The van der Waals surface area contributed by atoms with E-state index in [1.165, 1.54) is 19.9 Å². The van der Waals surface area contributed by atoms with Crippen LogP contribution in [0.1, 0.15) is 25.0 Å². The van der Waals surface area contributed by atoms with E-state index < -0.39 is 23.2 Å². The van der Waals surface area contributed by atoms with Crippen molar-refractivity contribution in [2.45, 2.75) is 31.5 Å². The van der Waals surface area contributed by atoms with Crippen molar-refractivity contribution in [3.8, 4) is 0 Å². The molecule has 0 heterocycles. The summed E-state index contributed by atoms with van der Waals surface area (Å²) in [6.07, 6.45) is -5.61. The fraction of sp³-hybridized carbons (Fsp3) is 0.455. The lowest BCUT2D eigenvalue weighted by Crippen LogP contribution is -2.35. The maximum Gasteiger partial charge on any atom is 0.458 e. The Morgan fingerprint density at radius 1 is 0.941 bits per heavy atom. The highest BCUT2D eigenvalue weighted by molar-refractivity contribution is 5.31. The van der Waals surface area contributed by atoms with Gasteiger partial charge in [-0.25, -0.2) is 0 Å². The van der Waals surface area contributed by atoms with Crippen LogP contribution in [0, 0.1) is 0 Å². The van der Waals surface area contributed by atoms with Crippen LogP contribution in [0.4, 0.5) is 22.0 Å². The second-order valence-corrected chi connectivity index (χ2v) is 4.37. The minimum Gasteiger partial charge on any atom is -0.322 e. The second-order valence-electron chi connectivity index (χ2n) is 4.37. The average molecular weight is 253 g/mol. The Labute approximate surface area is 95.4 Å². The van der Waals surface area contributed by atoms with E-state index in [-0.39, 0.29) is 5.56 Å². The highest BCUT2D eigenvalue weighted by Crippen LogP contribution is 2.44. The molecule has 0 fully saturated rings. The standard InChI is InChI=1S/C11H12F5N/c1-9(2,17)7-4-3-5-8(6-7)10(12,13)11(14,15)16/h3-6H,17H2,1-2H3. The molecule has 6 heteroatoms. The van der Waals surface area contributed by atoms with Crippen LogP contribution >= 0.6 is 0 Å². The van der Waals surface area contributed by atoms with Gasteiger partial charge in [0.15, 0.2) is 0 Å². The lowest BCUT2D eigenvalue weighted by Gasteiger charge is -2.24. The van der Waals surface area contributed by atoms with Crippen LogP contribution in [-0.2, 0) is 11.5 Å².